The number of rotatable bonds is 7. The third-order valence-electron chi connectivity index (χ3n) is 3.67. The third kappa shape index (κ3) is 4.96. The minimum Gasteiger partial charge on any atom is -0.456 e. The third-order valence-corrected chi connectivity index (χ3v) is 3.67. The lowest BCUT2D eigenvalue weighted by atomic mass is 10.2. The van der Waals surface area contributed by atoms with Gasteiger partial charge in [-0.05, 0) is 18.6 Å². The number of carbonyl (C=O) groups is 4. The van der Waals surface area contributed by atoms with E-state index in [1.54, 1.807) is 0 Å². The van der Waals surface area contributed by atoms with Crippen LogP contribution in [0.5, 0.6) is 0 Å². The first-order valence-electron chi connectivity index (χ1n) is 7.85. The predicted molar refractivity (Wildman–Crippen MR) is 84.9 cm³/mol. The van der Waals surface area contributed by atoms with Gasteiger partial charge in [0, 0.05) is 20.0 Å². The Hall–Kier alpha value is -3.11. The van der Waals surface area contributed by atoms with Crippen LogP contribution in [0.15, 0.2) is 12.1 Å². The van der Waals surface area contributed by atoms with Crippen molar-refractivity contribution < 1.29 is 37.1 Å². The van der Waals surface area contributed by atoms with Crippen molar-refractivity contribution in [2.45, 2.75) is 12.8 Å². The average molecular weight is 387 g/mol. The summed E-state index contributed by atoms with van der Waals surface area (Å²) in [5.41, 5.74) is -0.592. The van der Waals surface area contributed by atoms with Gasteiger partial charge in [-0.25, -0.2) is 18.0 Å². The fourth-order valence-corrected chi connectivity index (χ4v) is 2.30. The Balaban J connectivity index is 1.72. The Morgan fingerprint density at radius 1 is 1.19 bits per heavy atom. The van der Waals surface area contributed by atoms with Crippen LogP contribution in [0.3, 0.4) is 0 Å². The van der Waals surface area contributed by atoms with Crippen molar-refractivity contribution in [2.24, 2.45) is 0 Å². The summed E-state index contributed by atoms with van der Waals surface area (Å²) < 4.78 is 44.0. The molecule has 146 valence electrons. The molecular weight excluding hydrogens is 371 g/mol. The van der Waals surface area contributed by atoms with Gasteiger partial charge in [0.25, 0.3) is 5.91 Å². The molecule has 8 nitrogen and oxygen atoms in total. The Kier molecular flexibility index (Phi) is 6.37. The van der Waals surface area contributed by atoms with Gasteiger partial charge in [-0.3, -0.25) is 19.3 Å². The topological polar surface area (TPSA) is 96.0 Å². The highest BCUT2D eigenvalue weighted by Crippen LogP contribution is 2.19. The second kappa shape index (κ2) is 8.52. The van der Waals surface area contributed by atoms with Crippen molar-refractivity contribution in [1.82, 2.24) is 9.80 Å². The summed E-state index contributed by atoms with van der Waals surface area (Å²) >= 11 is 0. The van der Waals surface area contributed by atoms with Crippen LogP contribution in [-0.4, -0.2) is 60.4 Å². The van der Waals surface area contributed by atoms with Crippen molar-refractivity contribution in [2.75, 3.05) is 32.1 Å². The first kappa shape index (κ1) is 20.2. The number of imide groups is 1. The lowest BCUT2D eigenvalue weighted by Crippen LogP contribution is -2.32. The molecule has 0 aromatic heterocycles. The number of esters is 1. The molecule has 0 saturated carbocycles. The van der Waals surface area contributed by atoms with Gasteiger partial charge in [0.15, 0.2) is 24.1 Å². The van der Waals surface area contributed by atoms with Gasteiger partial charge >= 0.3 is 12.0 Å². The standard InChI is InChI=1S/C16H16F3N3O5/c1-21-7-12(24)22(16(21)26)6-2-3-13(25)27-8-11(23)20-10-5-4-9(17)14(18)15(10)19/h4-5H,2-3,6-8H2,1H3,(H,20,23). The first-order chi connectivity index (χ1) is 12.7. The van der Waals surface area contributed by atoms with E-state index in [1.165, 1.54) is 11.9 Å². The van der Waals surface area contributed by atoms with Crippen LogP contribution in [0.1, 0.15) is 12.8 Å². The smallest absolute Gasteiger partial charge is 0.326 e. The maximum atomic E-state index is 13.4. The highest BCUT2D eigenvalue weighted by atomic mass is 19.2. The molecule has 1 saturated heterocycles. The van der Waals surface area contributed by atoms with Crippen LogP contribution in [0.2, 0.25) is 0 Å². The number of nitrogens with one attached hydrogen (secondary N) is 1. The van der Waals surface area contributed by atoms with Crippen LogP contribution in [0.4, 0.5) is 23.7 Å². The Morgan fingerprint density at radius 2 is 1.89 bits per heavy atom. The Bertz CT molecular complexity index is 787. The number of nitrogens with zero attached hydrogens (tertiary/aromatic N) is 2. The van der Waals surface area contributed by atoms with Gasteiger partial charge in [0.1, 0.15) is 6.54 Å². The monoisotopic (exact) mass is 387 g/mol. The fraction of sp³-hybridized carbons (Fsp3) is 0.375. The van der Waals surface area contributed by atoms with Crippen molar-refractivity contribution in [3.05, 3.63) is 29.6 Å². The zero-order valence-corrected chi connectivity index (χ0v) is 14.3. The molecule has 0 unspecified atom stereocenters. The Labute approximate surface area is 151 Å². The molecule has 1 aliphatic heterocycles. The van der Waals surface area contributed by atoms with Crippen molar-refractivity contribution in [3.63, 3.8) is 0 Å². The van der Waals surface area contributed by atoms with Gasteiger partial charge in [0.05, 0.1) is 5.69 Å². The summed E-state index contributed by atoms with van der Waals surface area (Å²) in [5, 5.41) is 1.95. The van der Waals surface area contributed by atoms with E-state index in [0.717, 1.165) is 11.0 Å². The highest BCUT2D eigenvalue weighted by molar-refractivity contribution is 6.01. The van der Waals surface area contributed by atoms with Crippen LogP contribution in [0.25, 0.3) is 0 Å². The average Bonchev–Trinajstić information content (AvgIpc) is 2.86. The number of hydrogen-bond acceptors (Lipinski definition) is 5. The maximum absolute atomic E-state index is 13.4. The summed E-state index contributed by atoms with van der Waals surface area (Å²) in [5.74, 6) is -6.80. The van der Waals surface area contributed by atoms with E-state index in [0.29, 0.717) is 6.07 Å². The molecule has 1 aliphatic rings. The van der Waals surface area contributed by atoms with Gasteiger partial charge in [-0.1, -0.05) is 0 Å². The zero-order chi connectivity index (χ0) is 20.1. The van der Waals surface area contributed by atoms with Crippen LogP contribution >= 0.6 is 0 Å². The van der Waals surface area contributed by atoms with E-state index in [9.17, 15) is 32.3 Å². The molecule has 4 amide bonds. The second-order valence-corrected chi connectivity index (χ2v) is 5.72. The predicted octanol–water partition coefficient (Wildman–Crippen LogP) is 1.26. The molecule has 1 N–H and O–H groups in total. The SMILES string of the molecule is CN1CC(=O)N(CCCC(=O)OCC(=O)Nc2ccc(F)c(F)c2F)C1=O. The number of likely N-dealkylation sites (N-methyl/N-ethyl adjacent to an activating group) is 1. The first-order valence-corrected chi connectivity index (χ1v) is 7.85. The van der Waals surface area contributed by atoms with E-state index >= 15 is 0 Å². The van der Waals surface area contributed by atoms with E-state index in [1.807, 2.05) is 5.32 Å². The van der Waals surface area contributed by atoms with Crippen molar-refractivity contribution >= 4 is 29.5 Å². The number of halogens is 3. The van der Waals surface area contributed by atoms with Gasteiger partial charge < -0.3 is 15.0 Å². The molecule has 1 fully saturated rings. The zero-order valence-electron chi connectivity index (χ0n) is 14.3. The summed E-state index contributed by atoms with van der Waals surface area (Å²) in [6.07, 6.45) is -0.0167. The molecule has 2 rings (SSSR count). The van der Waals surface area contributed by atoms with E-state index < -0.39 is 47.7 Å². The molecule has 0 bridgehead atoms. The van der Waals surface area contributed by atoms with Crippen LogP contribution in [0, 0.1) is 17.5 Å². The molecule has 0 atom stereocenters. The molecule has 1 aromatic carbocycles. The summed E-state index contributed by atoms with van der Waals surface area (Å²) in [6, 6.07) is 1.01. The van der Waals surface area contributed by atoms with E-state index in [2.05, 4.69) is 4.74 Å². The number of benzene rings is 1. The van der Waals surface area contributed by atoms with Gasteiger partial charge in [-0.2, -0.15) is 0 Å². The number of anilines is 1. The second-order valence-electron chi connectivity index (χ2n) is 5.72. The quantitative estimate of drug-likeness (QED) is 0.432. The minimum atomic E-state index is -1.73. The normalized spacial score (nSPS) is 13.9. The molecule has 0 spiro atoms. The number of ether oxygens (including phenoxy) is 1. The Morgan fingerprint density at radius 3 is 2.52 bits per heavy atom. The summed E-state index contributed by atoms with van der Waals surface area (Å²) in [4.78, 5) is 48.6. The number of amides is 4. The minimum absolute atomic E-state index is 0.0238. The number of hydrogen-bond donors (Lipinski definition) is 1. The van der Waals surface area contributed by atoms with Crippen molar-refractivity contribution in [1.29, 1.82) is 0 Å². The van der Waals surface area contributed by atoms with Crippen molar-refractivity contribution in [3.8, 4) is 0 Å². The van der Waals surface area contributed by atoms with Crippen LogP contribution in [-0.2, 0) is 19.1 Å². The summed E-state index contributed by atoms with van der Waals surface area (Å²) in [6.45, 7) is -0.755. The summed E-state index contributed by atoms with van der Waals surface area (Å²) in [7, 11) is 1.48. The molecule has 0 aliphatic carbocycles. The van der Waals surface area contributed by atoms with E-state index in [4.69, 9.17) is 0 Å². The largest absolute Gasteiger partial charge is 0.456 e. The number of urea groups is 1. The fourth-order valence-electron chi connectivity index (χ4n) is 2.30. The number of carbonyl (C=O) groups excluding carboxylic acids is 4. The van der Waals surface area contributed by atoms with Gasteiger partial charge in [0.2, 0.25) is 5.91 Å². The van der Waals surface area contributed by atoms with Gasteiger partial charge in [-0.15, -0.1) is 0 Å². The maximum Gasteiger partial charge on any atom is 0.326 e. The van der Waals surface area contributed by atoms with E-state index in [-0.39, 0.29) is 31.8 Å². The molecule has 27 heavy (non-hydrogen) atoms. The van der Waals surface area contributed by atoms with Crippen LogP contribution < -0.4 is 5.32 Å². The molecule has 1 aromatic rings. The molecule has 11 heteroatoms. The molecule has 0 radical (unpaired) electrons. The lowest BCUT2D eigenvalue weighted by Gasteiger charge is -2.13. The highest BCUT2D eigenvalue weighted by Gasteiger charge is 2.32. The lowest BCUT2D eigenvalue weighted by molar-refractivity contribution is -0.147. The molecule has 1 heterocycles. The molecular formula is C16H16F3N3O5.